The number of rotatable bonds is 6. The Morgan fingerprint density at radius 2 is 1.75 bits per heavy atom. The summed E-state index contributed by atoms with van der Waals surface area (Å²) in [6.45, 7) is 3.09. The van der Waals surface area contributed by atoms with E-state index in [0.717, 1.165) is 43.5 Å². The van der Waals surface area contributed by atoms with Crippen molar-refractivity contribution in [2.45, 2.75) is 50.5 Å². The van der Waals surface area contributed by atoms with E-state index in [4.69, 9.17) is 4.42 Å². The molecular formula is C28H32N2O2. The molecule has 0 unspecified atom stereocenters. The highest BCUT2D eigenvalue weighted by atomic mass is 16.4. The van der Waals surface area contributed by atoms with Gasteiger partial charge >= 0.3 is 5.63 Å². The van der Waals surface area contributed by atoms with E-state index in [1.54, 1.807) is 6.07 Å². The minimum atomic E-state index is -0.280. The van der Waals surface area contributed by atoms with Gasteiger partial charge in [-0.05, 0) is 54.9 Å². The molecule has 0 spiro atoms. The molecule has 5 rings (SSSR count). The van der Waals surface area contributed by atoms with Crippen molar-refractivity contribution in [3.05, 3.63) is 82.2 Å². The first kappa shape index (κ1) is 21.0. The van der Waals surface area contributed by atoms with Crippen LogP contribution in [0.25, 0.3) is 17.0 Å². The van der Waals surface area contributed by atoms with Crippen LogP contribution in [-0.2, 0) is 0 Å². The Morgan fingerprint density at radius 3 is 2.53 bits per heavy atom. The van der Waals surface area contributed by atoms with Crippen LogP contribution in [0.2, 0.25) is 0 Å². The highest BCUT2D eigenvalue weighted by Gasteiger charge is 2.21. The molecule has 2 fully saturated rings. The van der Waals surface area contributed by atoms with Gasteiger partial charge in [-0.15, -0.1) is 0 Å². The van der Waals surface area contributed by atoms with Gasteiger partial charge in [0.15, 0.2) is 0 Å². The molecule has 4 nitrogen and oxygen atoms in total. The van der Waals surface area contributed by atoms with E-state index >= 15 is 0 Å². The number of nitrogens with zero attached hydrogens (tertiary/aromatic N) is 1. The van der Waals surface area contributed by atoms with E-state index in [1.807, 2.05) is 12.1 Å². The number of likely N-dealkylation sites (tertiary alicyclic amines) is 1. The number of fused-ring (bicyclic) bond motifs is 1. The first-order chi connectivity index (χ1) is 15.7. The number of benzene rings is 2. The second-order valence-corrected chi connectivity index (χ2v) is 9.25. The van der Waals surface area contributed by atoms with Crippen LogP contribution in [-0.4, -0.2) is 30.6 Å². The normalized spacial score (nSPS) is 18.6. The fraction of sp³-hybridized carbons (Fsp3) is 0.393. The predicted octanol–water partition coefficient (Wildman–Crippen LogP) is 6.04. The van der Waals surface area contributed by atoms with Gasteiger partial charge < -0.3 is 9.73 Å². The van der Waals surface area contributed by atoms with Crippen molar-refractivity contribution in [2.24, 2.45) is 0 Å². The Balaban J connectivity index is 1.23. The Labute approximate surface area is 189 Å². The summed E-state index contributed by atoms with van der Waals surface area (Å²) < 4.78 is 5.50. The van der Waals surface area contributed by atoms with Gasteiger partial charge in [-0.2, -0.15) is 0 Å². The molecule has 1 saturated heterocycles. The third-order valence-electron chi connectivity index (χ3n) is 7.01. The molecule has 1 aliphatic carbocycles. The zero-order valence-electron chi connectivity index (χ0n) is 18.6. The van der Waals surface area contributed by atoms with Crippen LogP contribution in [0.1, 0.15) is 55.6 Å². The fourth-order valence-electron chi connectivity index (χ4n) is 5.19. The first-order valence-electron chi connectivity index (χ1n) is 12.0. The average Bonchev–Trinajstić information content (AvgIpc) is 3.36. The zero-order valence-corrected chi connectivity index (χ0v) is 18.6. The van der Waals surface area contributed by atoms with Crippen molar-refractivity contribution in [2.75, 3.05) is 25.0 Å². The second kappa shape index (κ2) is 9.74. The minimum Gasteiger partial charge on any atom is -0.423 e. The van der Waals surface area contributed by atoms with E-state index in [2.05, 4.69) is 58.8 Å². The molecule has 0 radical (unpaired) electrons. The van der Waals surface area contributed by atoms with Crippen LogP contribution in [0.15, 0.2) is 69.9 Å². The van der Waals surface area contributed by atoms with Gasteiger partial charge in [-0.1, -0.05) is 61.4 Å². The highest BCUT2D eigenvalue weighted by Crippen LogP contribution is 2.36. The van der Waals surface area contributed by atoms with E-state index in [1.165, 1.54) is 36.8 Å². The maximum absolute atomic E-state index is 12.2. The van der Waals surface area contributed by atoms with Crippen LogP contribution in [0.4, 0.5) is 5.69 Å². The van der Waals surface area contributed by atoms with E-state index in [-0.39, 0.29) is 5.63 Å². The van der Waals surface area contributed by atoms with Gasteiger partial charge in [0, 0.05) is 37.1 Å². The second-order valence-electron chi connectivity index (χ2n) is 9.25. The highest BCUT2D eigenvalue weighted by molar-refractivity contribution is 5.90. The van der Waals surface area contributed by atoms with Crippen LogP contribution < -0.4 is 10.9 Å². The summed E-state index contributed by atoms with van der Waals surface area (Å²) in [6, 6.07) is 18.8. The lowest BCUT2D eigenvalue weighted by Gasteiger charge is -2.32. The Kier molecular flexibility index (Phi) is 6.40. The number of anilines is 1. The fourth-order valence-corrected chi connectivity index (χ4v) is 5.19. The summed E-state index contributed by atoms with van der Waals surface area (Å²) >= 11 is 0. The van der Waals surface area contributed by atoms with Crippen LogP contribution in [0.5, 0.6) is 0 Å². The van der Waals surface area contributed by atoms with Crippen LogP contribution in [0.3, 0.4) is 0 Å². The Hall–Kier alpha value is -2.85. The van der Waals surface area contributed by atoms with E-state index < -0.39 is 0 Å². The van der Waals surface area contributed by atoms with Crippen LogP contribution in [0, 0.1) is 0 Å². The van der Waals surface area contributed by atoms with Gasteiger partial charge in [0.2, 0.25) is 0 Å². The molecule has 1 saturated carbocycles. The zero-order chi connectivity index (χ0) is 21.8. The van der Waals surface area contributed by atoms with E-state index in [0.29, 0.717) is 17.5 Å². The molecule has 0 atom stereocenters. The summed E-state index contributed by atoms with van der Waals surface area (Å²) in [7, 11) is 0. The van der Waals surface area contributed by atoms with Crippen molar-refractivity contribution >= 4 is 22.7 Å². The van der Waals surface area contributed by atoms with Gasteiger partial charge in [-0.25, -0.2) is 4.79 Å². The first-order valence-corrected chi connectivity index (χ1v) is 12.0. The number of nitrogens with one attached hydrogen (secondary N) is 1. The molecule has 0 bridgehead atoms. The van der Waals surface area contributed by atoms with Crippen molar-refractivity contribution in [1.82, 2.24) is 4.90 Å². The smallest absolute Gasteiger partial charge is 0.338 e. The summed E-state index contributed by atoms with van der Waals surface area (Å²) in [5.41, 5.74) is 3.96. The SMILES string of the molecule is O=c1cc(NC2CCN(C/C=C/c3ccccc3)CC2)c2cc(C3CCCC3)ccc2o1. The molecule has 1 aliphatic heterocycles. The molecule has 2 aliphatic rings. The molecule has 32 heavy (non-hydrogen) atoms. The average molecular weight is 429 g/mol. The van der Waals surface area contributed by atoms with E-state index in [9.17, 15) is 4.79 Å². The molecule has 4 heteroatoms. The van der Waals surface area contributed by atoms with Crippen LogP contribution >= 0.6 is 0 Å². The largest absolute Gasteiger partial charge is 0.423 e. The van der Waals surface area contributed by atoms with Crippen molar-refractivity contribution in [1.29, 1.82) is 0 Å². The third-order valence-corrected chi connectivity index (χ3v) is 7.01. The lowest BCUT2D eigenvalue weighted by Crippen LogP contribution is -2.39. The summed E-state index contributed by atoms with van der Waals surface area (Å²) in [6.07, 6.45) is 11.8. The molecule has 166 valence electrons. The lowest BCUT2D eigenvalue weighted by atomic mass is 9.96. The van der Waals surface area contributed by atoms with Gasteiger partial charge in [0.1, 0.15) is 5.58 Å². The Morgan fingerprint density at radius 1 is 0.969 bits per heavy atom. The monoisotopic (exact) mass is 428 g/mol. The Bertz CT molecular complexity index is 1120. The maximum Gasteiger partial charge on any atom is 0.338 e. The number of hydrogen-bond acceptors (Lipinski definition) is 4. The maximum atomic E-state index is 12.2. The van der Waals surface area contributed by atoms with Crippen molar-refractivity contribution in [3.8, 4) is 0 Å². The van der Waals surface area contributed by atoms with Crippen molar-refractivity contribution in [3.63, 3.8) is 0 Å². The summed E-state index contributed by atoms with van der Waals surface area (Å²) in [5.74, 6) is 0.645. The molecule has 1 aromatic heterocycles. The quantitative estimate of drug-likeness (QED) is 0.486. The molecular weight excluding hydrogens is 396 g/mol. The van der Waals surface area contributed by atoms with Crippen molar-refractivity contribution < 1.29 is 4.42 Å². The third kappa shape index (κ3) is 4.97. The summed E-state index contributed by atoms with van der Waals surface area (Å²) in [5, 5.41) is 4.72. The topological polar surface area (TPSA) is 45.5 Å². The predicted molar refractivity (Wildman–Crippen MR) is 132 cm³/mol. The minimum absolute atomic E-state index is 0.280. The van der Waals surface area contributed by atoms with Gasteiger partial charge in [0.25, 0.3) is 0 Å². The number of piperidine rings is 1. The standard InChI is InChI=1S/C28H32N2O2/c31-28-20-26(25-19-23(12-13-27(25)32-28)22-10-4-5-11-22)29-24-14-17-30(18-15-24)16-6-9-21-7-2-1-3-8-21/h1-3,6-9,12-13,19-20,22,24,29H,4-5,10-11,14-18H2/b9-6+. The molecule has 1 N–H and O–H groups in total. The lowest BCUT2D eigenvalue weighted by molar-refractivity contribution is 0.240. The van der Waals surface area contributed by atoms with Gasteiger partial charge in [0.05, 0.1) is 5.69 Å². The van der Waals surface area contributed by atoms with Gasteiger partial charge in [-0.3, -0.25) is 4.90 Å². The molecule has 3 aromatic rings. The molecule has 2 aromatic carbocycles. The number of hydrogen-bond donors (Lipinski definition) is 1. The molecule has 2 heterocycles. The summed E-state index contributed by atoms with van der Waals surface area (Å²) in [4.78, 5) is 14.6. The molecule has 0 amide bonds.